The molecule has 2 N–H and O–H groups in total. The van der Waals surface area contributed by atoms with E-state index < -0.39 is 0 Å². The predicted molar refractivity (Wildman–Crippen MR) is 84.0 cm³/mol. The van der Waals surface area contributed by atoms with Crippen LogP contribution in [-0.2, 0) is 0 Å². The highest BCUT2D eigenvalue weighted by molar-refractivity contribution is 5.98. The van der Waals surface area contributed by atoms with Crippen molar-refractivity contribution in [3.05, 3.63) is 23.9 Å². The predicted octanol–water partition coefficient (Wildman–Crippen LogP) is 3.46. The van der Waals surface area contributed by atoms with Crippen LogP contribution >= 0.6 is 0 Å². The second-order valence-corrected chi connectivity index (χ2v) is 5.45. The number of nitrogens with zero attached hydrogens (tertiary/aromatic N) is 1. The van der Waals surface area contributed by atoms with Crippen molar-refractivity contribution in [2.24, 2.45) is 5.92 Å². The molecule has 112 valence electrons. The minimum Gasteiger partial charge on any atom is -0.369 e. The molecule has 1 rings (SSSR count). The van der Waals surface area contributed by atoms with Crippen molar-refractivity contribution in [1.82, 2.24) is 10.3 Å². The van der Waals surface area contributed by atoms with Gasteiger partial charge in [-0.25, -0.2) is 4.98 Å². The van der Waals surface area contributed by atoms with Gasteiger partial charge >= 0.3 is 0 Å². The molecule has 0 aliphatic rings. The molecular formula is C16H27N3O. The minimum atomic E-state index is -0.0486. The quantitative estimate of drug-likeness (QED) is 0.765. The van der Waals surface area contributed by atoms with Crippen molar-refractivity contribution in [3.63, 3.8) is 0 Å². The maximum Gasteiger partial charge on any atom is 0.255 e. The molecule has 0 aliphatic heterocycles. The number of hydrogen-bond acceptors (Lipinski definition) is 3. The Morgan fingerprint density at radius 1 is 1.35 bits per heavy atom. The first-order valence-corrected chi connectivity index (χ1v) is 7.58. The molecule has 20 heavy (non-hydrogen) atoms. The Kier molecular flexibility index (Phi) is 7.05. The van der Waals surface area contributed by atoms with E-state index in [1.54, 1.807) is 12.3 Å². The molecule has 0 radical (unpaired) electrons. The first kappa shape index (κ1) is 16.5. The molecule has 0 aromatic carbocycles. The molecule has 2 unspecified atom stereocenters. The number of aromatic nitrogens is 1. The third-order valence-electron chi connectivity index (χ3n) is 3.43. The largest absolute Gasteiger partial charge is 0.369 e. The molecule has 0 aliphatic carbocycles. The first-order valence-electron chi connectivity index (χ1n) is 7.58. The van der Waals surface area contributed by atoms with Crippen LogP contribution in [0.5, 0.6) is 0 Å². The van der Waals surface area contributed by atoms with Crippen LogP contribution in [0.15, 0.2) is 18.3 Å². The summed E-state index contributed by atoms with van der Waals surface area (Å²) in [6.07, 6.45) is 4.84. The Labute approximate surface area is 122 Å². The standard InChI is InChI=1S/C16H27N3O/c1-5-9-17-15-14(8-7-10-18-15)16(20)19-13(4)11-12(3)6-2/h7-8,10,12-13H,5-6,9,11H2,1-4H3,(H,17,18)(H,19,20). The van der Waals surface area contributed by atoms with Crippen LogP contribution in [0.3, 0.4) is 0 Å². The topological polar surface area (TPSA) is 54.0 Å². The van der Waals surface area contributed by atoms with Crippen LogP contribution in [0.25, 0.3) is 0 Å². The summed E-state index contributed by atoms with van der Waals surface area (Å²) in [5.41, 5.74) is 0.622. The van der Waals surface area contributed by atoms with E-state index in [4.69, 9.17) is 0 Å². The minimum absolute atomic E-state index is 0.0486. The fraction of sp³-hybridized carbons (Fsp3) is 0.625. The summed E-state index contributed by atoms with van der Waals surface area (Å²) in [6.45, 7) is 9.34. The molecule has 0 bridgehead atoms. The number of carbonyl (C=O) groups is 1. The Hall–Kier alpha value is -1.58. The smallest absolute Gasteiger partial charge is 0.255 e. The average Bonchev–Trinajstić information content (AvgIpc) is 2.44. The third kappa shape index (κ3) is 5.19. The Bertz CT molecular complexity index is 420. The second-order valence-electron chi connectivity index (χ2n) is 5.45. The molecule has 1 aromatic rings. The van der Waals surface area contributed by atoms with Crippen LogP contribution in [0.2, 0.25) is 0 Å². The number of anilines is 1. The van der Waals surface area contributed by atoms with E-state index >= 15 is 0 Å². The van der Waals surface area contributed by atoms with Gasteiger partial charge in [0.15, 0.2) is 0 Å². The van der Waals surface area contributed by atoms with Crippen molar-refractivity contribution in [2.45, 2.75) is 53.0 Å². The molecule has 1 amide bonds. The molecule has 1 heterocycles. The van der Waals surface area contributed by atoms with Gasteiger partial charge in [0.1, 0.15) is 5.82 Å². The molecular weight excluding hydrogens is 250 g/mol. The highest BCUT2D eigenvalue weighted by atomic mass is 16.1. The van der Waals surface area contributed by atoms with Gasteiger partial charge in [0.25, 0.3) is 5.91 Å². The fourth-order valence-electron chi connectivity index (χ4n) is 2.10. The van der Waals surface area contributed by atoms with Crippen molar-refractivity contribution in [3.8, 4) is 0 Å². The van der Waals surface area contributed by atoms with E-state index in [0.29, 0.717) is 17.3 Å². The summed E-state index contributed by atoms with van der Waals surface area (Å²) >= 11 is 0. The molecule has 0 fully saturated rings. The molecule has 1 aromatic heterocycles. The molecule has 4 heteroatoms. The van der Waals surface area contributed by atoms with Crippen LogP contribution < -0.4 is 10.6 Å². The number of amides is 1. The average molecular weight is 277 g/mol. The van der Waals surface area contributed by atoms with Gasteiger partial charge in [0, 0.05) is 18.8 Å². The van der Waals surface area contributed by atoms with Crippen LogP contribution in [0.1, 0.15) is 57.3 Å². The highest BCUT2D eigenvalue weighted by Crippen LogP contribution is 2.13. The Balaban J connectivity index is 2.67. The lowest BCUT2D eigenvalue weighted by Gasteiger charge is -2.18. The van der Waals surface area contributed by atoms with Crippen molar-refractivity contribution in [1.29, 1.82) is 0 Å². The van der Waals surface area contributed by atoms with E-state index in [0.717, 1.165) is 25.8 Å². The van der Waals surface area contributed by atoms with Crippen LogP contribution in [0, 0.1) is 5.92 Å². The van der Waals surface area contributed by atoms with E-state index in [9.17, 15) is 4.79 Å². The molecule has 2 atom stereocenters. The van der Waals surface area contributed by atoms with Crippen molar-refractivity contribution in [2.75, 3.05) is 11.9 Å². The summed E-state index contributed by atoms with van der Waals surface area (Å²) < 4.78 is 0. The lowest BCUT2D eigenvalue weighted by atomic mass is 10.0. The van der Waals surface area contributed by atoms with Crippen molar-refractivity contribution < 1.29 is 4.79 Å². The second kappa shape index (κ2) is 8.56. The summed E-state index contributed by atoms with van der Waals surface area (Å²) in [5.74, 6) is 1.24. The van der Waals surface area contributed by atoms with Crippen molar-refractivity contribution >= 4 is 11.7 Å². The molecule has 0 saturated carbocycles. The van der Waals surface area contributed by atoms with Gasteiger partial charge in [-0.05, 0) is 37.8 Å². The van der Waals surface area contributed by atoms with Gasteiger partial charge in [-0.15, -0.1) is 0 Å². The van der Waals surface area contributed by atoms with Gasteiger partial charge in [-0.2, -0.15) is 0 Å². The lowest BCUT2D eigenvalue weighted by Crippen LogP contribution is -2.34. The number of nitrogens with one attached hydrogen (secondary N) is 2. The van der Waals surface area contributed by atoms with Crippen LogP contribution in [-0.4, -0.2) is 23.5 Å². The normalized spacial score (nSPS) is 13.6. The first-order chi connectivity index (χ1) is 9.58. The Morgan fingerprint density at radius 2 is 2.10 bits per heavy atom. The van der Waals surface area contributed by atoms with Crippen LogP contribution in [0.4, 0.5) is 5.82 Å². The zero-order chi connectivity index (χ0) is 15.0. The summed E-state index contributed by atoms with van der Waals surface area (Å²) in [5, 5.41) is 6.26. The van der Waals surface area contributed by atoms with E-state index in [-0.39, 0.29) is 11.9 Å². The SMILES string of the molecule is CCCNc1ncccc1C(=O)NC(C)CC(C)CC. The summed E-state index contributed by atoms with van der Waals surface area (Å²) in [4.78, 5) is 16.6. The zero-order valence-electron chi connectivity index (χ0n) is 13.1. The molecule has 0 spiro atoms. The third-order valence-corrected chi connectivity index (χ3v) is 3.43. The fourth-order valence-corrected chi connectivity index (χ4v) is 2.10. The van der Waals surface area contributed by atoms with E-state index in [1.807, 2.05) is 6.07 Å². The summed E-state index contributed by atoms with van der Waals surface area (Å²) in [6, 6.07) is 3.79. The molecule has 4 nitrogen and oxygen atoms in total. The van der Waals surface area contributed by atoms with Gasteiger partial charge < -0.3 is 10.6 Å². The lowest BCUT2D eigenvalue weighted by molar-refractivity contribution is 0.0936. The number of hydrogen-bond donors (Lipinski definition) is 2. The van der Waals surface area contributed by atoms with Gasteiger partial charge in [0.2, 0.25) is 0 Å². The number of rotatable bonds is 8. The summed E-state index contributed by atoms with van der Waals surface area (Å²) in [7, 11) is 0. The number of pyridine rings is 1. The molecule has 0 saturated heterocycles. The zero-order valence-corrected chi connectivity index (χ0v) is 13.1. The monoisotopic (exact) mass is 277 g/mol. The maximum atomic E-state index is 12.3. The highest BCUT2D eigenvalue weighted by Gasteiger charge is 2.15. The van der Waals surface area contributed by atoms with E-state index in [2.05, 4.69) is 43.3 Å². The van der Waals surface area contributed by atoms with Gasteiger partial charge in [0.05, 0.1) is 5.56 Å². The Morgan fingerprint density at radius 3 is 2.75 bits per heavy atom. The van der Waals surface area contributed by atoms with Gasteiger partial charge in [-0.3, -0.25) is 4.79 Å². The maximum absolute atomic E-state index is 12.3. The van der Waals surface area contributed by atoms with Gasteiger partial charge in [-0.1, -0.05) is 27.2 Å². The number of carbonyl (C=O) groups excluding carboxylic acids is 1. The van der Waals surface area contributed by atoms with E-state index in [1.165, 1.54) is 0 Å².